The Kier molecular flexibility index (Phi) is 5.69. The highest BCUT2D eigenvalue weighted by molar-refractivity contribution is 7.80. The van der Waals surface area contributed by atoms with Crippen LogP contribution in [0.15, 0.2) is 11.7 Å². The fourth-order valence-electron chi connectivity index (χ4n) is 2.55. The summed E-state index contributed by atoms with van der Waals surface area (Å²) >= 11 is 6.93. The first-order chi connectivity index (χ1) is 9.20. The molecule has 0 aliphatic carbocycles. The van der Waals surface area contributed by atoms with E-state index in [2.05, 4.69) is 21.7 Å². The first kappa shape index (κ1) is 14.8. The van der Waals surface area contributed by atoms with Crippen LogP contribution >= 0.6 is 23.6 Å². The van der Waals surface area contributed by atoms with Gasteiger partial charge in [0.25, 0.3) is 0 Å². The zero-order valence-corrected chi connectivity index (χ0v) is 13.1. The molecule has 0 spiro atoms. The second-order valence-corrected chi connectivity index (χ2v) is 6.43. The lowest BCUT2D eigenvalue weighted by Gasteiger charge is -2.38. The summed E-state index contributed by atoms with van der Waals surface area (Å²) < 4.78 is 0. The Labute approximate surface area is 124 Å². The Morgan fingerprint density at radius 1 is 1.47 bits per heavy atom. The monoisotopic (exact) mass is 298 g/mol. The molecule has 0 bridgehead atoms. The maximum absolute atomic E-state index is 5.87. The van der Waals surface area contributed by atoms with Gasteiger partial charge < -0.3 is 5.73 Å². The van der Waals surface area contributed by atoms with E-state index < -0.39 is 0 Å². The first-order valence-electron chi connectivity index (χ1n) is 6.83. The Bertz CT molecular complexity index is 385. The molecule has 1 aliphatic heterocycles. The van der Waals surface area contributed by atoms with E-state index in [-0.39, 0.29) is 6.04 Å². The summed E-state index contributed by atoms with van der Waals surface area (Å²) in [5.74, 6) is 0. The average Bonchev–Trinajstić information content (AvgIpc) is 2.90. The molecule has 19 heavy (non-hydrogen) atoms. The molecular formula is C13H22N4S2. The van der Waals surface area contributed by atoms with Crippen molar-refractivity contribution >= 4 is 28.5 Å². The molecule has 2 heterocycles. The number of hydrogen-bond donors (Lipinski definition) is 1. The van der Waals surface area contributed by atoms with Crippen LogP contribution in [0.25, 0.3) is 0 Å². The highest BCUT2D eigenvalue weighted by Crippen LogP contribution is 2.15. The minimum atomic E-state index is 0.283. The van der Waals surface area contributed by atoms with Gasteiger partial charge >= 0.3 is 0 Å². The third kappa shape index (κ3) is 4.21. The third-order valence-corrected chi connectivity index (χ3v) is 4.64. The summed E-state index contributed by atoms with van der Waals surface area (Å²) in [6.07, 6.45) is 4.17. The minimum Gasteiger partial charge on any atom is -0.392 e. The lowest BCUT2D eigenvalue weighted by atomic mass is 10.1. The van der Waals surface area contributed by atoms with Gasteiger partial charge in [-0.3, -0.25) is 14.8 Å². The van der Waals surface area contributed by atoms with E-state index in [4.69, 9.17) is 18.0 Å². The van der Waals surface area contributed by atoms with Crippen LogP contribution in [-0.2, 0) is 6.54 Å². The van der Waals surface area contributed by atoms with Gasteiger partial charge in [0, 0.05) is 43.8 Å². The Balaban J connectivity index is 1.82. The number of thiazole rings is 1. The molecule has 2 rings (SSSR count). The third-order valence-electron chi connectivity index (χ3n) is 3.60. The van der Waals surface area contributed by atoms with E-state index in [9.17, 15) is 0 Å². The number of thiocarbonyl (C=S) groups is 1. The summed E-state index contributed by atoms with van der Waals surface area (Å²) in [5, 5.41) is 0. The largest absolute Gasteiger partial charge is 0.392 e. The van der Waals surface area contributed by atoms with Gasteiger partial charge in [-0.25, -0.2) is 0 Å². The molecule has 0 aromatic carbocycles. The van der Waals surface area contributed by atoms with Crippen molar-refractivity contribution in [1.29, 1.82) is 0 Å². The summed E-state index contributed by atoms with van der Waals surface area (Å²) in [6.45, 7) is 7.48. The molecule has 0 amide bonds. The maximum atomic E-state index is 5.87. The molecular weight excluding hydrogens is 276 g/mol. The van der Waals surface area contributed by atoms with Crippen molar-refractivity contribution in [3.63, 3.8) is 0 Å². The van der Waals surface area contributed by atoms with E-state index >= 15 is 0 Å². The number of nitrogens with zero attached hydrogens (tertiary/aromatic N) is 3. The zero-order valence-electron chi connectivity index (χ0n) is 11.4. The number of hydrogen-bond acceptors (Lipinski definition) is 5. The molecule has 0 radical (unpaired) electrons. The SMILES string of the molecule is CCCC(C(N)=S)N1CCN(Cc2cncs2)CC1. The van der Waals surface area contributed by atoms with Gasteiger partial charge in [-0.1, -0.05) is 25.6 Å². The van der Waals surface area contributed by atoms with Crippen LogP contribution in [0.4, 0.5) is 0 Å². The molecule has 1 aromatic rings. The fraction of sp³-hybridized carbons (Fsp3) is 0.692. The first-order valence-corrected chi connectivity index (χ1v) is 8.12. The molecule has 1 saturated heterocycles. The number of nitrogens with two attached hydrogens (primary N) is 1. The predicted octanol–water partition coefficient (Wildman–Crippen LogP) is 1.72. The van der Waals surface area contributed by atoms with Crippen molar-refractivity contribution in [3.8, 4) is 0 Å². The Morgan fingerprint density at radius 3 is 2.74 bits per heavy atom. The average molecular weight is 298 g/mol. The summed E-state index contributed by atoms with van der Waals surface area (Å²) in [7, 11) is 0. The molecule has 0 saturated carbocycles. The maximum Gasteiger partial charge on any atom is 0.0902 e. The topological polar surface area (TPSA) is 45.4 Å². The molecule has 1 fully saturated rings. The lowest BCUT2D eigenvalue weighted by molar-refractivity contribution is 0.111. The summed E-state index contributed by atoms with van der Waals surface area (Å²) in [5.41, 5.74) is 7.77. The van der Waals surface area contributed by atoms with E-state index in [1.807, 2.05) is 11.7 Å². The number of rotatable bonds is 6. The van der Waals surface area contributed by atoms with Crippen molar-refractivity contribution in [2.75, 3.05) is 26.2 Å². The van der Waals surface area contributed by atoms with Gasteiger partial charge in [-0.2, -0.15) is 0 Å². The van der Waals surface area contributed by atoms with E-state index in [0.717, 1.165) is 45.6 Å². The smallest absolute Gasteiger partial charge is 0.0902 e. The van der Waals surface area contributed by atoms with E-state index in [1.165, 1.54) is 4.88 Å². The molecule has 1 unspecified atom stereocenters. The van der Waals surface area contributed by atoms with Crippen LogP contribution < -0.4 is 5.73 Å². The van der Waals surface area contributed by atoms with Crippen LogP contribution in [0, 0.1) is 0 Å². The Morgan fingerprint density at radius 2 is 2.21 bits per heavy atom. The van der Waals surface area contributed by atoms with E-state index in [1.54, 1.807) is 11.3 Å². The van der Waals surface area contributed by atoms with Gasteiger partial charge in [0.2, 0.25) is 0 Å². The molecule has 106 valence electrons. The Hall–Kier alpha value is -0.560. The van der Waals surface area contributed by atoms with Gasteiger partial charge in [0.05, 0.1) is 16.5 Å². The van der Waals surface area contributed by atoms with Crippen LogP contribution in [0.5, 0.6) is 0 Å². The summed E-state index contributed by atoms with van der Waals surface area (Å²) in [6, 6.07) is 0.283. The van der Waals surface area contributed by atoms with Gasteiger partial charge in [0.1, 0.15) is 0 Å². The number of piperazine rings is 1. The zero-order chi connectivity index (χ0) is 13.7. The van der Waals surface area contributed by atoms with E-state index in [0.29, 0.717) is 4.99 Å². The van der Waals surface area contributed by atoms with Crippen LogP contribution in [0.3, 0.4) is 0 Å². The van der Waals surface area contributed by atoms with Gasteiger partial charge in [0.15, 0.2) is 0 Å². The highest BCUT2D eigenvalue weighted by Gasteiger charge is 2.25. The van der Waals surface area contributed by atoms with Crippen LogP contribution in [0.1, 0.15) is 24.6 Å². The number of aromatic nitrogens is 1. The van der Waals surface area contributed by atoms with Crippen LogP contribution in [0.2, 0.25) is 0 Å². The quantitative estimate of drug-likeness (QED) is 0.810. The van der Waals surface area contributed by atoms with Crippen molar-refractivity contribution in [3.05, 3.63) is 16.6 Å². The molecule has 1 atom stereocenters. The van der Waals surface area contributed by atoms with Crippen molar-refractivity contribution < 1.29 is 0 Å². The summed E-state index contributed by atoms with van der Waals surface area (Å²) in [4.78, 5) is 11.0. The van der Waals surface area contributed by atoms with Gasteiger partial charge in [-0.05, 0) is 6.42 Å². The lowest BCUT2D eigenvalue weighted by Crippen LogP contribution is -2.53. The van der Waals surface area contributed by atoms with Crippen LogP contribution in [-0.4, -0.2) is 52.0 Å². The molecule has 4 nitrogen and oxygen atoms in total. The highest BCUT2D eigenvalue weighted by atomic mass is 32.1. The normalized spacial score (nSPS) is 19.4. The molecule has 6 heteroatoms. The van der Waals surface area contributed by atoms with Crippen molar-refractivity contribution in [1.82, 2.24) is 14.8 Å². The fourth-order valence-corrected chi connectivity index (χ4v) is 3.45. The standard InChI is InChI=1S/C13H22N4S2/c1-2-3-12(13(14)18)17-6-4-16(5-7-17)9-11-8-15-10-19-11/h8,10,12H,2-7,9H2,1H3,(H2,14,18). The second kappa shape index (κ2) is 7.28. The molecule has 1 aliphatic rings. The second-order valence-electron chi connectivity index (χ2n) is 4.99. The van der Waals surface area contributed by atoms with Crippen molar-refractivity contribution in [2.45, 2.75) is 32.4 Å². The molecule has 1 aromatic heterocycles. The minimum absolute atomic E-state index is 0.283. The predicted molar refractivity (Wildman–Crippen MR) is 84.4 cm³/mol. The van der Waals surface area contributed by atoms with Crippen molar-refractivity contribution in [2.24, 2.45) is 5.73 Å². The molecule has 2 N–H and O–H groups in total. The van der Waals surface area contributed by atoms with Gasteiger partial charge in [-0.15, -0.1) is 11.3 Å².